The van der Waals surface area contributed by atoms with E-state index in [4.69, 9.17) is 0 Å². The number of hydrogen-bond acceptors (Lipinski definition) is 3. The Kier molecular flexibility index (Phi) is 5.86. The molecule has 0 atom stereocenters. The van der Waals surface area contributed by atoms with E-state index in [1.807, 2.05) is 6.92 Å². The number of likely N-dealkylation sites (N-methyl/N-ethyl adjacent to an activating group) is 1. The van der Waals surface area contributed by atoms with Crippen molar-refractivity contribution in [3.8, 4) is 0 Å². The molecule has 0 radical (unpaired) electrons. The van der Waals surface area contributed by atoms with Crippen LogP contribution in [-0.2, 0) is 13.0 Å². The summed E-state index contributed by atoms with van der Waals surface area (Å²) in [6.45, 7) is 13.0. The highest BCUT2D eigenvalue weighted by molar-refractivity contribution is 5.43. The Bertz CT molecular complexity index is 399. The number of nitrogens with one attached hydrogen (secondary N) is 1. The highest BCUT2D eigenvalue weighted by Gasteiger charge is 2.06. The summed E-state index contributed by atoms with van der Waals surface area (Å²) in [5.74, 6) is 1.03. The zero-order chi connectivity index (χ0) is 13.5. The van der Waals surface area contributed by atoms with E-state index in [1.54, 1.807) is 0 Å². The number of hydrogen-bond donors (Lipinski definition) is 1. The third-order valence-electron chi connectivity index (χ3n) is 2.76. The number of anilines is 1. The van der Waals surface area contributed by atoms with Gasteiger partial charge >= 0.3 is 0 Å². The lowest BCUT2D eigenvalue weighted by Gasteiger charge is -2.20. The van der Waals surface area contributed by atoms with Gasteiger partial charge in [-0.05, 0) is 37.6 Å². The number of pyridine rings is 1. The fraction of sp³-hybridized carbons (Fsp3) is 0.533. The molecular formula is C15H25N3. The van der Waals surface area contributed by atoms with E-state index in [1.165, 1.54) is 5.56 Å². The van der Waals surface area contributed by atoms with Crippen molar-refractivity contribution in [2.24, 2.45) is 0 Å². The fourth-order valence-electron chi connectivity index (χ4n) is 1.87. The molecule has 18 heavy (non-hydrogen) atoms. The minimum atomic E-state index is 0.848. The van der Waals surface area contributed by atoms with E-state index < -0.39 is 0 Å². The molecule has 0 unspecified atom stereocenters. The third kappa shape index (κ3) is 4.49. The van der Waals surface area contributed by atoms with E-state index in [2.05, 4.69) is 54.8 Å². The van der Waals surface area contributed by atoms with Crippen LogP contribution in [-0.4, -0.2) is 25.1 Å². The molecule has 0 saturated heterocycles. The van der Waals surface area contributed by atoms with Gasteiger partial charge in [-0.2, -0.15) is 0 Å². The molecule has 0 saturated carbocycles. The van der Waals surface area contributed by atoms with Gasteiger partial charge in [0.1, 0.15) is 5.82 Å². The maximum absolute atomic E-state index is 4.67. The number of rotatable bonds is 7. The zero-order valence-corrected chi connectivity index (χ0v) is 12.1. The van der Waals surface area contributed by atoms with Gasteiger partial charge in [0.2, 0.25) is 0 Å². The summed E-state index contributed by atoms with van der Waals surface area (Å²) in [7, 11) is 2.06. The predicted octanol–water partition coefficient (Wildman–Crippen LogP) is 2.77. The standard InChI is InChI=1S/C15H25N3/c1-6-14-8-13(10-16-7-2)9-15(17-14)18(5)11-12(3)4/h8-9,16H,3,6-7,10-11H2,1-2,4-5H3. The van der Waals surface area contributed by atoms with Crippen LogP contribution in [0.25, 0.3) is 0 Å². The van der Waals surface area contributed by atoms with Gasteiger partial charge in [-0.3, -0.25) is 0 Å². The van der Waals surface area contributed by atoms with Crippen LogP contribution in [0.15, 0.2) is 24.3 Å². The monoisotopic (exact) mass is 247 g/mol. The first kappa shape index (κ1) is 14.7. The summed E-state index contributed by atoms with van der Waals surface area (Å²) in [6.07, 6.45) is 0.966. The summed E-state index contributed by atoms with van der Waals surface area (Å²) in [6, 6.07) is 4.34. The average Bonchev–Trinajstić information content (AvgIpc) is 2.35. The van der Waals surface area contributed by atoms with Crippen LogP contribution in [0.5, 0.6) is 0 Å². The second-order valence-corrected chi connectivity index (χ2v) is 4.77. The highest BCUT2D eigenvalue weighted by Crippen LogP contribution is 2.15. The minimum Gasteiger partial charge on any atom is -0.356 e. The second kappa shape index (κ2) is 7.17. The van der Waals surface area contributed by atoms with Gasteiger partial charge in [-0.1, -0.05) is 26.0 Å². The van der Waals surface area contributed by atoms with Gasteiger partial charge in [0.25, 0.3) is 0 Å². The molecule has 1 aromatic heterocycles. The maximum atomic E-state index is 4.67. The molecule has 0 aliphatic rings. The molecule has 1 heterocycles. The van der Waals surface area contributed by atoms with Crippen LogP contribution in [0.1, 0.15) is 32.0 Å². The lowest BCUT2D eigenvalue weighted by molar-refractivity contribution is 0.723. The van der Waals surface area contributed by atoms with Crippen molar-refractivity contribution in [2.75, 3.05) is 25.0 Å². The Hall–Kier alpha value is -1.35. The molecule has 1 rings (SSSR count). The normalized spacial score (nSPS) is 10.4. The maximum Gasteiger partial charge on any atom is 0.129 e. The van der Waals surface area contributed by atoms with Gasteiger partial charge in [-0.15, -0.1) is 0 Å². The van der Waals surface area contributed by atoms with Crippen molar-refractivity contribution in [3.63, 3.8) is 0 Å². The Morgan fingerprint density at radius 1 is 1.39 bits per heavy atom. The van der Waals surface area contributed by atoms with Gasteiger partial charge in [-0.25, -0.2) is 4.98 Å². The molecule has 0 bridgehead atoms. The van der Waals surface area contributed by atoms with Crippen LogP contribution >= 0.6 is 0 Å². The Balaban J connectivity index is 2.92. The van der Waals surface area contributed by atoms with E-state index in [0.717, 1.165) is 43.1 Å². The molecule has 0 amide bonds. The highest BCUT2D eigenvalue weighted by atomic mass is 15.2. The molecule has 100 valence electrons. The zero-order valence-electron chi connectivity index (χ0n) is 12.1. The van der Waals surface area contributed by atoms with Crippen molar-refractivity contribution in [1.82, 2.24) is 10.3 Å². The Morgan fingerprint density at radius 2 is 2.11 bits per heavy atom. The topological polar surface area (TPSA) is 28.2 Å². The lowest BCUT2D eigenvalue weighted by atomic mass is 10.2. The largest absolute Gasteiger partial charge is 0.356 e. The average molecular weight is 247 g/mol. The van der Waals surface area contributed by atoms with Crippen molar-refractivity contribution in [3.05, 3.63) is 35.5 Å². The SMILES string of the molecule is C=C(C)CN(C)c1cc(CNCC)cc(CC)n1. The predicted molar refractivity (Wildman–Crippen MR) is 79.1 cm³/mol. The first-order valence-corrected chi connectivity index (χ1v) is 6.62. The van der Waals surface area contributed by atoms with Crippen molar-refractivity contribution in [2.45, 2.75) is 33.7 Å². The van der Waals surface area contributed by atoms with Gasteiger partial charge in [0, 0.05) is 25.8 Å². The van der Waals surface area contributed by atoms with E-state index in [0.29, 0.717) is 0 Å². The summed E-state index contributed by atoms with van der Waals surface area (Å²) >= 11 is 0. The Labute approximate surface area is 111 Å². The van der Waals surface area contributed by atoms with Crippen LogP contribution < -0.4 is 10.2 Å². The van der Waals surface area contributed by atoms with Crippen molar-refractivity contribution >= 4 is 5.82 Å². The number of aromatic nitrogens is 1. The fourth-order valence-corrected chi connectivity index (χ4v) is 1.87. The third-order valence-corrected chi connectivity index (χ3v) is 2.76. The molecular weight excluding hydrogens is 222 g/mol. The van der Waals surface area contributed by atoms with Gasteiger partial charge in [0.05, 0.1) is 0 Å². The first-order chi connectivity index (χ1) is 8.56. The smallest absolute Gasteiger partial charge is 0.129 e. The molecule has 1 N–H and O–H groups in total. The van der Waals surface area contributed by atoms with E-state index >= 15 is 0 Å². The second-order valence-electron chi connectivity index (χ2n) is 4.77. The van der Waals surface area contributed by atoms with Crippen molar-refractivity contribution < 1.29 is 0 Å². The lowest BCUT2D eigenvalue weighted by Crippen LogP contribution is -2.21. The van der Waals surface area contributed by atoms with Crippen LogP contribution in [0, 0.1) is 0 Å². The summed E-state index contributed by atoms with van der Waals surface area (Å²) in [5, 5.41) is 3.36. The molecule has 0 fully saturated rings. The van der Waals surface area contributed by atoms with Crippen molar-refractivity contribution in [1.29, 1.82) is 0 Å². The van der Waals surface area contributed by atoms with Gasteiger partial charge in [0.15, 0.2) is 0 Å². The number of nitrogens with zero attached hydrogens (tertiary/aromatic N) is 2. The number of aryl methyl sites for hydroxylation is 1. The summed E-state index contributed by atoms with van der Waals surface area (Å²) in [5.41, 5.74) is 3.59. The molecule has 3 nitrogen and oxygen atoms in total. The molecule has 0 aliphatic carbocycles. The molecule has 0 aromatic carbocycles. The van der Waals surface area contributed by atoms with Crippen LogP contribution in [0.4, 0.5) is 5.82 Å². The summed E-state index contributed by atoms with van der Waals surface area (Å²) < 4.78 is 0. The van der Waals surface area contributed by atoms with Gasteiger partial charge < -0.3 is 10.2 Å². The Morgan fingerprint density at radius 3 is 2.67 bits per heavy atom. The quantitative estimate of drug-likeness (QED) is 0.751. The van der Waals surface area contributed by atoms with Crippen LogP contribution in [0.3, 0.4) is 0 Å². The summed E-state index contributed by atoms with van der Waals surface area (Å²) in [4.78, 5) is 6.82. The molecule has 1 aromatic rings. The first-order valence-electron chi connectivity index (χ1n) is 6.62. The molecule has 3 heteroatoms. The molecule has 0 aliphatic heterocycles. The van der Waals surface area contributed by atoms with E-state index in [-0.39, 0.29) is 0 Å². The minimum absolute atomic E-state index is 0.848. The molecule has 0 spiro atoms. The van der Waals surface area contributed by atoms with Crippen LogP contribution in [0.2, 0.25) is 0 Å². The van der Waals surface area contributed by atoms with E-state index in [9.17, 15) is 0 Å².